The summed E-state index contributed by atoms with van der Waals surface area (Å²) in [4.78, 5) is 10.8. The van der Waals surface area contributed by atoms with Crippen molar-refractivity contribution in [2.75, 3.05) is 6.54 Å². The molecule has 0 amide bonds. The van der Waals surface area contributed by atoms with Crippen molar-refractivity contribution in [2.45, 2.75) is 56.8 Å². The van der Waals surface area contributed by atoms with Gasteiger partial charge in [0.2, 0.25) is 0 Å². The number of alkyl halides is 3. The lowest BCUT2D eigenvalue weighted by molar-refractivity contribution is -0.146. The zero-order valence-corrected chi connectivity index (χ0v) is 10.8. The van der Waals surface area contributed by atoms with Gasteiger partial charge in [-0.25, -0.2) is 0 Å². The van der Waals surface area contributed by atoms with E-state index in [-0.39, 0.29) is 6.54 Å². The predicted molar refractivity (Wildman–Crippen MR) is 62.7 cm³/mol. The van der Waals surface area contributed by atoms with E-state index in [4.69, 9.17) is 5.11 Å². The SMILES string of the molecule is CC(CC(F)(F)F)NCC1(O)CCC(C(=O)O)CC1. The fraction of sp³-hybridized carbons (Fsp3) is 0.917. The van der Waals surface area contributed by atoms with Crippen molar-refractivity contribution in [1.29, 1.82) is 0 Å². The molecule has 7 heteroatoms. The lowest BCUT2D eigenvalue weighted by Crippen LogP contribution is -2.47. The molecule has 1 saturated carbocycles. The summed E-state index contributed by atoms with van der Waals surface area (Å²) in [6.45, 7) is 1.48. The second kappa shape index (κ2) is 6.09. The van der Waals surface area contributed by atoms with Crippen molar-refractivity contribution >= 4 is 5.97 Å². The number of aliphatic hydroxyl groups is 1. The Morgan fingerprint density at radius 3 is 2.37 bits per heavy atom. The molecular weight excluding hydrogens is 263 g/mol. The molecule has 4 nitrogen and oxygen atoms in total. The number of carboxylic acid groups (broad SMARTS) is 1. The number of carboxylic acids is 1. The summed E-state index contributed by atoms with van der Waals surface area (Å²) in [7, 11) is 0. The Labute approximate surface area is 110 Å². The number of halogens is 3. The number of carbonyl (C=O) groups is 1. The Morgan fingerprint density at radius 2 is 1.95 bits per heavy atom. The summed E-state index contributed by atoms with van der Waals surface area (Å²) in [5.74, 6) is -1.33. The summed E-state index contributed by atoms with van der Waals surface area (Å²) in [6, 6.07) is -0.763. The lowest BCUT2D eigenvalue weighted by atomic mass is 9.78. The van der Waals surface area contributed by atoms with Crippen molar-refractivity contribution in [1.82, 2.24) is 5.32 Å². The minimum absolute atomic E-state index is 0.0661. The Balaban J connectivity index is 2.35. The molecule has 0 aromatic heterocycles. The topological polar surface area (TPSA) is 69.6 Å². The third kappa shape index (κ3) is 5.78. The third-order valence-corrected chi connectivity index (χ3v) is 3.58. The van der Waals surface area contributed by atoms with Gasteiger partial charge >= 0.3 is 12.1 Å². The average Bonchev–Trinajstić information content (AvgIpc) is 2.25. The zero-order chi connectivity index (χ0) is 14.7. The van der Waals surface area contributed by atoms with Crippen LogP contribution in [0.5, 0.6) is 0 Å². The van der Waals surface area contributed by atoms with Gasteiger partial charge in [0, 0.05) is 12.6 Å². The van der Waals surface area contributed by atoms with Crippen molar-refractivity contribution < 1.29 is 28.2 Å². The molecule has 1 unspecified atom stereocenters. The highest BCUT2D eigenvalue weighted by molar-refractivity contribution is 5.70. The Kier molecular flexibility index (Phi) is 5.20. The first kappa shape index (κ1) is 16.2. The maximum atomic E-state index is 12.1. The first-order valence-electron chi connectivity index (χ1n) is 6.37. The van der Waals surface area contributed by atoms with Crippen LogP contribution in [0.4, 0.5) is 13.2 Å². The van der Waals surface area contributed by atoms with Crippen LogP contribution in [-0.4, -0.2) is 40.5 Å². The number of nitrogens with one attached hydrogen (secondary N) is 1. The molecule has 0 aliphatic heterocycles. The Bertz CT molecular complexity index is 312. The molecule has 0 spiro atoms. The van der Waals surface area contributed by atoms with Crippen LogP contribution in [0.15, 0.2) is 0 Å². The van der Waals surface area contributed by atoms with Crippen molar-refractivity contribution in [3.05, 3.63) is 0 Å². The maximum Gasteiger partial charge on any atom is 0.390 e. The van der Waals surface area contributed by atoms with Crippen LogP contribution in [0.2, 0.25) is 0 Å². The highest BCUT2D eigenvalue weighted by atomic mass is 19.4. The molecule has 0 radical (unpaired) electrons. The first-order chi connectivity index (χ1) is 8.61. The first-order valence-corrected chi connectivity index (χ1v) is 6.37. The summed E-state index contributed by atoms with van der Waals surface area (Å²) in [5, 5.41) is 21.7. The molecule has 1 aliphatic rings. The van der Waals surface area contributed by atoms with E-state index in [1.54, 1.807) is 0 Å². The average molecular weight is 283 g/mol. The highest BCUT2D eigenvalue weighted by Crippen LogP contribution is 2.32. The molecule has 112 valence electrons. The standard InChI is InChI=1S/C12H20F3NO3/c1-8(6-12(13,14)15)16-7-11(19)4-2-9(3-5-11)10(17)18/h8-9,16,19H,2-7H2,1H3,(H,17,18). The summed E-state index contributed by atoms with van der Waals surface area (Å²) in [5.41, 5.74) is -1.09. The van der Waals surface area contributed by atoms with Crippen LogP contribution < -0.4 is 5.32 Å². The van der Waals surface area contributed by atoms with Crippen molar-refractivity contribution in [2.24, 2.45) is 5.92 Å². The van der Waals surface area contributed by atoms with Gasteiger partial charge in [0.1, 0.15) is 0 Å². The molecule has 1 rings (SSSR count). The van der Waals surface area contributed by atoms with Crippen LogP contribution in [0.25, 0.3) is 0 Å². The normalized spacial score (nSPS) is 30.1. The highest BCUT2D eigenvalue weighted by Gasteiger charge is 2.36. The Hall–Kier alpha value is -0.820. The van der Waals surface area contributed by atoms with E-state index in [1.807, 2.05) is 0 Å². The second-order valence-electron chi connectivity index (χ2n) is 5.44. The van der Waals surface area contributed by atoms with Crippen LogP contribution in [0, 0.1) is 5.92 Å². The molecule has 0 aromatic rings. The molecule has 0 saturated heterocycles. The van der Waals surface area contributed by atoms with Gasteiger partial charge in [-0.05, 0) is 32.6 Å². The fourth-order valence-corrected chi connectivity index (χ4v) is 2.36. The molecule has 1 fully saturated rings. The summed E-state index contributed by atoms with van der Waals surface area (Å²) < 4.78 is 36.4. The minimum Gasteiger partial charge on any atom is -0.481 e. The number of aliphatic carboxylic acids is 1. The molecule has 1 aliphatic carbocycles. The van der Waals surface area contributed by atoms with E-state index in [0.717, 1.165) is 0 Å². The molecule has 3 N–H and O–H groups in total. The maximum absolute atomic E-state index is 12.1. The van der Waals surface area contributed by atoms with Crippen LogP contribution in [0.1, 0.15) is 39.0 Å². The minimum atomic E-state index is -4.23. The van der Waals surface area contributed by atoms with Crippen molar-refractivity contribution in [3.63, 3.8) is 0 Å². The molecule has 19 heavy (non-hydrogen) atoms. The monoisotopic (exact) mass is 283 g/mol. The predicted octanol–water partition coefficient (Wildman–Crippen LogP) is 1.92. The fourth-order valence-electron chi connectivity index (χ4n) is 2.36. The van der Waals surface area contributed by atoms with Gasteiger partial charge in [-0.2, -0.15) is 13.2 Å². The second-order valence-corrected chi connectivity index (χ2v) is 5.44. The van der Waals surface area contributed by atoms with E-state index in [2.05, 4.69) is 5.32 Å². The largest absolute Gasteiger partial charge is 0.481 e. The summed E-state index contributed by atoms with van der Waals surface area (Å²) in [6.07, 6.45) is -3.84. The van der Waals surface area contributed by atoms with Gasteiger partial charge in [-0.3, -0.25) is 4.79 Å². The zero-order valence-electron chi connectivity index (χ0n) is 10.8. The van der Waals surface area contributed by atoms with Gasteiger partial charge in [0.25, 0.3) is 0 Å². The Morgan fingerprint density at radius 1 is 1.42 bits per heavy atom. The van der Waals surface area contributed by atoms with Crippen LogP contribution >= 0.6 is 0 Å². The molecule has 0 heterocycles. The van der Waals surface area contributed by atoms with Crippen molar-refractivity contribution in [3.8, 4) is 0 Å². The number of rotatable bonds is 5. The van der Waals surface area contributed by atoms with E-state index in [0.29, 0.717) is 25.7 Å². The number of hydrogen-bond donors (Lipinski definition) is 3. The van der Waals surface area contributed by atoms with Crippen LogP contribution in [-0.2, 0) is 4.79 Å². The van der Waals surface area contributed by atoms with Gasteiger partial charge < -0.3 is 15.5 Å². The van der Waals surface area contributed by atoms with Crippen LogP contribution in [0.3, 0.4) is 0 Å². The molecular formula is C12H20F3NO3. The molecule has 1 atom stereocenters. The molecule has 0 bridgehead atoms. The van der Waals surface area contributed by atoms with E-state index in [9.17, 15) is 23.1 Å². The van der Waals surface area contributed by atoms with Gasteiger partial charge in [-0.1, -0.05) is 0 Å². The van der Waals surface area contributed by atoms with E-state index in [1.165, 1.54) is 6.92 Å². The third-order valence-electron chi connectivity index (χ3n) is 3.58. The molecule has 0 aromatic carbocycles. The van der Waals surface area contributed by atoms with Gasteiger partial charge in [0.15, 0.2) is 0 Å². The van der Waals surface area contributed by atoms with E-state index >= 15 is 0 Å². The van der Waals surface area contributed by atoms with E-state index < -0.39 is 36.1 Å². The smallest absolute Gasteiger partial charge is 0.390 e. The quantitative estimate of drug-likeness (QED) is 0.721. The van der Waals surface area contributed by atoms with Gasteiger partial charge in [-0.15, -0.1) is 0 Å². The summed E-state index contributed by atoms with van der Waals surface area (Å²) >= 11 is 0. The van der Waals surface area contributed by atoms with Gasteiger partial charge in [0.05, 0.1) is 17.9 Å². The lowest BCUT2D eigenvalue weighted by Gasteiger charge is -2.35. The number of hydrogen-bond acceptors (Lipinski definition) is 3.